The van der Waals surface area contributed by atoms with Crippen LogP contribution in [0.2, 0.25) is 0 Å². The molecule has 1 aliphatic carbocycles. The van der Waals surface area contributed by atoms with Gasteiger partial charge < -0.3 is 5.32 Å². The SMILES string of the molecule is CCC(CC1=CC=CCC1)NC(C)(C)C. The van der Waals surface area contributed by atoms with Crippen molar-refractivity contribution < 1.29 is 0 Å². The summed E-state index contributed by atoms with van der Waals surface area (Å²) in [6, 6.07) is 0.628. The maximum absolute atomic E-state index is 3.69. The lowest BCUT2D eigenvalue weighted by molar-refractivity contribution is 0.347. The van der Waals surface area contributed by atoms with Gasteiger partial charge in [0.1, 0.15) is 0 Å². The van der Waals surface area contributed by atoms with Crippen LogP contribution in [-0.4, -0.2) is 11.6 Å². The van der Waals surface area contributed by atoms with Gasteiger partial charge in [-0.05, 0) is 46.5 Å². The van der Waals surface area contributed by atoms with Gasteiger partial charge >= 0.3 is 0 Å². The molecule has 1 atom stereocenters. The third-order valence-electron chi connectivity index (χ3n) is 2.74. The Morgan fingerprint density at radius 2 is 2.13 bits per heavy atom. The Bertz CT molecular complexity index is 243. The first kappa shape index (κ1) is 12.5. The fourth-order valence-corrected chi connectivity index (χ4v) is 2.05. The highest BCUT2D eigenvalue weighted by atomic mass is 15.0. The third kappa shape index (κ3) is 5.17. The number of allylic oxidation sites excluding steroid dienone is 3. The molecule has 1 nitrogen and oxygen atoms in total. The fourth-order valence-electron chi connectivity index (χ4n) is 2.05. The molecule has 0 bridgehead atoms. The van der Waals surface area contributed by atoms with Gasteiger partial charge in [-0.25, -0.2) is 0 Å². The highest BCUT2D eigenvalue weighted by Crippen LogP contribution is 2.19. The van der Waals surface area contributed by atoms with Gasteiger partial charge in [-0.1, -0.05) is 30.7 Å². The minimum atomic E-state index is 0.228. The van der Waals surface area contributed by atoms with E-state index in [4.69, 9.17) is 0 Å². The topological polar surface area (TPSA) is 12.0 Å². The standard InChI is InChI=1S/C14H25N/c1-5-13(15-14(2,3)4)11-12-9-7-6-8-10-12/h6-7,9,13,15H,5,8,10-11H2,1-4H3. The largest absolute Gasteiger partial charge is 0.309 e. The van der Waals surface area contributed by atoms with Crippen molar-refractivity contribution in [1.29, 1.82) is 0 Å². The molecule has 86 valence electrons. The Balaban J connectivity index is 2.46. The molecule has 0 aromatic rings. The smallest absolute Gasteiger partial charge is 0.0107 e. The van der Waals surface area contributed by atoms with E-state index in [1.165, 1.54) is 25.7 Å². The highest BCUT2D eigenvalue weighted by molar-refractivity contribution is 5.18. The first-order chi connectivity index (χ1) is 7.01. The second-order valence-electron chi connectivity index (χ2n) is 5.50. The van der Waals surface area contributed by atoms with Crippen LogP contribution in [-0.2, 0) is 0 Å². The van der Waals surface area contributed by atoms with Crippen LogP contribution in [0.25, 0.3) is 0 Å². The van der Waals surface area contributed by atoms with Crippen LogP contribution < -0.4 is 5.32 Å². The van der Waals surface area contributed by atoms with Gasteiger partial charge in [-0.3, -0.25) is 0 Å². The van der Waals surface area contributed by atoms with Crippen LogP contribution in [0.5, 0.6) is 0 Å². The summed E-state index contributed by atoms with van der Waals surface area (Å²) >= 11 is 0. The van der Waals surface area contributed by atoms with Crippen molar-refractivity contribution in [3.63, 3.8) is 0 Å². The van der Waals surface area contributed by atoms with Crippen molar-refractivity contribution in [1.82, 2.24) is 5.32 Å². The van der Waals surface area contributed by atoms with Gasteiger partial charge in [0.05, 0.1) is 0 Å². The molecular weight excluding hydrogens is 182 g/mol. The predicted molar refractivity (Wildman–Crippen MR) is 68.0 cm³/mol. The molecule has 1 rings (SSSR count). The molecule has 0 aromatic heterocycles. The Hall–Kier alpha value is -0.560. The zero-order chi connectivity index (χ0) is 11.3. The van der Waals surface area contributed by atoms with E-state index in [9.17, 15) is 0 Å². The van der Waals surface area contributed by atoms with E-state index in [-0.39, 0.29) is 5.54 Å². The Morgan fingerprint density at radius 3 is 2.60 bits per heavy atom. The summed E-state index contributed by atoms with van der Waals surface area (Å²) < 4.78 is 0. The summed E-state index contributed by atoms with van der Waals surface area (Å²) in [7, 11) is 0. The molecule has 0 aliphatic heterocycles. The molecule has 0 heterocycles. The van der Waals surface area contributed by atoms with Crippen molar-refractivity contribution in [3.8, 4) is 0 Å². The molecular formula is C14H25N. The average molecular weight is 207 g/mol. The predicted octanol–water partition coefficient (Wildman–Crippen LogP) is 3.82. The van der Waals surface area contributed by atoms with E-state index < -0.39 is 0 Å². The maximum atomic E-state index is 3.69. The van der Waals surface area contributed by atoms with Crippen molar-refractivity contribution in [2.24, 2.45) is 0 Å². The normalized spacial score (nSPS) is 18.8. The van der Waals surface area contributed by atoms with E-state index in [1.54, 1.807) is 5.57 Å². The van der Waals surface area contributed by atoms with Crippen LogP contribution in [0.1, 0.15) is 53.4 Å². The van der Waals surface area contributed by atoms with E-state index in [0.29, 0.717) is 6.04 Å². The molecule has 1 unspecified atom stereocenters. The van der Waals surface area contributed by atoms with Crippen LogP contribution in [0.4, 0.5) is 0 Å². The lowest BCUT2D eigenvalue weighted by Gasteiger charge is -2.29. The van der Waals surface area contributed by atoms with Crippen molar-refractivity contribution in [2.75, 3.05) is 0 Å². The summed E-state index contributed by atoms with van der Waals surface area (Å²) in [5.74, 6) is 0. The molecule has 0 saturated carbocycles. The van der Waals surface area contributed by atoms with Gasteiger partial charge in [0.2, 0.25) is 0 Å². The lowest BCUT2D eigenvalue weighted by Crippen LogP contribution is -2.43. The molecule has 0 fully saturated rings. The van der Waals surface area contributed by atoms with Crippen molar-refractivity contribution in [3.05, 3.63) is 23.8 Å². The Kier molecular flexibility index (Phi) is 4.59. The molecule has 0 amide bonds. The third-order valence-corrected chi connectivity index (χ3v) is 2.74. The summed E-state index contributed by atoms with van der Waals surface area (Å²) in [6.45, 7) is 8.99. The van der Waals surface area contributed by atoms with Crippen LogP contribution >= 0.6 is 0 Å². The Morgan fingerprint density at radius 1 is 1.40 bits per heavy atom. The first-order valence-corrected chi connectivity index (χ1v) is 6.13. The van der Waals surface area contributed by atoms with Crippen molar-refractivity contribution >= 4 is 0 Å². The van der Waals surface area contributed by atoms with E-state index in [2.05, 4.69) is 51.2 Å². The highest BCUT2D eigenvalue weighted by Gasteiger charge is 2.16. The minimum Gasteiger partial charge on any atom is -0.309 e. The molecule has 0 aromatic carbocycles. The van der Waals surface area contributed by atoms with E-state index in [1.807, 2.05) is 0 Å². The van der Waals surface area contributed by atoms with E-state index >= 15 is 0 Å². The van der Waals surface area contributed by atoms with Gasteiger partial charge in [-0.15, -0.1) is 0 Å². The first-order valence-electron chi connectivity index (χ1n) is 6.13. The molecule has 1 N–H and O–H groups in total. The van der Waals surface area contributed by atoms with E-state index in [0.717, 1.165) is 0 Å². The molecule has 0 radical (unpaired) electrons. The van der Waals surface area contributed by atoms with Gasteiger partial charge in [-0.2, -0.15) is 0 Å². The second-order valence-corrected chi connectivity index (χ2v) is 5.50. The number of hydrogen-bond donors (Lipinski definition) is 1. The molecule has 0 saturated heterocycles. The molecule has 0 spiro atoms. The van der Waals surface area contributed by atoms with Crippen LogP contribution in [0.15, 0.2) is 23.8 Å². The van der Waals surface area contributed by atoms with Gasteiger partial charge in [0, 0.05) is 11.6 Å². The molecule has 1 heteroatoms. The molecule has 1 aliphatic rings. The van der Waals surface area contributed by atoms with Gasteiger partial charge in [0.15, 0.2) is 0 Å². The number of rotatable bonds is 4. The summed E-state index contributed by atoms with van der Waals surface area (Å²) in [4.78, 5) is 0. The number of nitrogens with one attached hydrogen (secondary N) is 1. The number of hydrogen-bond acceptors (Lipinski definition) is 1. The average Bonchev–Trinajstić information content (AvgIpc) is 2.16. The van der Waals surface area contributed by atoms with Crippen LogP contribution in [0.3, 0.4) is 0 Å². The summed E-state index contributed by atoms with van der Waals surface area (Å²) in [5.41, 5.74) is 1.83. The van der Waals surface area contributed by atoms with Crippen LogP contribution in [0, 0.1) is 0 Å². The zero-order valence-corrected chi connectivity index (χ0v) is 10.6. The monoisotopic (exact) mass is 207 g/mol. The fraction of sp³-hybridized carbons (Fsp3) is 0.714. The summed E-state index contributed by atoms with van der Waals surface area (Å²) in [6.07, 6.45) is 11.6. The lowest BCUT2D eigenvalue weighted by atomic mass is 9.95. The zero-order valence-electron chi connectivity index (χ0n) is 10.6. The Labute approximate surface area is 94.6 Å². The van der Waals surface area contributed by atoms with Gasteiger partial charge in [0.25, 0.3) is 0 Å². The summed E-state index contributed by atoms with van der Waals surface area (Å²) in [5, 5.41) is 3.69. The molecule has 15 heavy (non-hydrogen) atoms. The second kappa shape index (κ2) is 5.50. The quantitative estimate of drug-likeness (QED) is 0.739. The minimum absolute atomic E-state index is 0.228. The van der Waals surface area contributed by atoms with Crippen molar-refractivity contribution in [2.45, 2.75) is 65.0 Å². The maximum Gasteiger partial charge on any atom is 0.0107 e.